The van der Waals surface area contributed by atoms with Gasteiger partial charge in [-0.2, -0.15) is 17.0 Å². The average Bonchev–Trinajstić information content (AvgIpc) is 2.16. The topological polar surface area (TPSA) is 61.9 Å². The van der Waals surface area contributed by atoms with E-state index < -0.39 is 10.2 Å². The normalized spacial score (nSPS) is 23.9. The first-order valence-corrected chi connectivity index (χ1v) is 6.53. The Morgan fingerprint density at radius 3 is 2.31 bits per heavy atom. The van der Waals surface area contributed by atoms with E-state index in [1.165, 1.54) is 8.61 Å². The smallest absolute Gasteiger partial charge is 0.282 e. The van der Waals surface area contributed by atoms with Crippen LogP contribution in [-0.4, -0.2) is 69.5 Å². The highest BCUT2D eigenvalue weighted by Gasteiger charge is 2.35. The summed E-state index contributed by atoms with van der Waals surface area (Å²) in [7, 11) is -1.63. The van der Waals surface area contributed by atoms with Crippen molar-refractivity contribution in [3.05, 3.63) is 0 Å². The van der Waals surface area contributed by atoms with E-state index >= 15 is 0 Å². The number of likely N-dealkylation sites (N-methyl/N-ethyl adjacent to an activating group) is 1. The van der Waals surface area contributed by atoms with Gasteiger partial charge < -0.3 is 10.1 Å². The van der Waals surface area contributed by atoms with E-state index in [9.17, 15) is 8.42 Å². The molecular formula is C8H18ClN3O3S. The van der Waals surface area contributed by atoms with Crippen molar-refractivity contribution in [3.8, 4) is 0 Å². The van der Waals surface area contributed by atoms with E-state index in [4.69, 9.17) is 4.74 Å². The van der Waals surface area contributed by atoms with Crippen molar-refractivity contribution in [1.82, 2.24) is 13.9 Å². The summed E-state index contributed by atoms with van der Waals surface area (Å²) in [6, 6.07) is 0.109. The Kier molecular flexibility index (Phi) is 4.96. The van der Waals surface area contributed by atoms with Crippen LogP contribution in [0.1, 0.15) is 0 Å². The van der Waals surface area contributed by atoms with Gasteiger partial charge in [0.15, 0.2) is 0 Å². The van der Waals surface area contributed by atoms with Gasteiger partial charge in [-0.3, -0.25) is 0 Å². The minimum Gasteiger partial charge on any atom is -0.379 e. The summed E-state index contributed by atoms with van der Waals surface area (Å²) in [5.41, 5.74) is 0. The van der Waals surface area contributed by atoms with Crippen molar-refractivity contribution in [2.75, 3.05) is 46.4 Å². The summed E-state index contributed by atoms with van der Waals surface area (Å²) >= 11 is 0. The van der Waals surface area contributed by atoms with Gasteiger partial charge in [-0.15, -0.1) is 12.4 Å². The molecule has 16 heavy (non-hydrogen) atoms. The van der Waals surface area contributed by atoms with Gasteiger partial charge in [0.2, 0.25) is 0 Å². The Morgan fingerprint density at radius 1 is 1.31 bits per heavy atom. The Morgan fingerprint density at radius 2 is 1.88 bits per heavy atom. The van der Waals surface area contributed by atoms with Gasteiger partial charge in [-0.05, 0) is 0 Å². The molecule has 2 aliphatic rings. The highest BCUT2D eigenvalue weighted by atomic mass is 35.5. The SMILES string of the molecule is CN(C1CNC1)S(=O)(=O)N1CCOCC1.Cl. The van der Waals surface area contributed by atoms with Gasteiger partial charge in [0.05, 0.1) is 19.3 Å². The van der Waals surface area contributed by atoms with Crippen molar-refractivity contribution in [2.45, 2.75) is 6.04 Å². The molecule has 0 aromatic heterocycles. The number of nitrogens with zero attached hydrogens (tertiary/aromatic N) is 2. The number of rotatable bonds is 3. The fourth-order valence-electron chi connectivity index (χ4n) is 1.68. The van der Waals surface area contributed by atoms with Crippen LogP contribution >= 0.6 is 12.4 Å². The second-order valence-corrected chi connectivity index (χ2v) is 5.84. The van der Waals surface area contributed by atoms with Gasteiger partial charge in [0, 0.05) is 33.2 Å². The first-order valence-electron chi connectivity index (χ1n) is 5.14. The molecule has 2 heterocycles. The van der Waals surface area contributed by atoms with Crippen LogP contribution in [0.5, 0.6) is 0 Å². The lowest BCUT2D eigenvalue weighted by Crippen LogP contribution is -2.60. The summed E-state index contributed by atoms with van der Waals surface area (Å²) in [5, 5.41) is 3.07. The minimum atomic E-state index is -3.28. The molecule has 2 rings (SSSR count). The first-order chi connectivity index (χ1) is 7.12. The molecule has 0 atom stereocenters. The molecule has 2 aliphatic heterocycles. The quantitative estimate of drug-likeness (QED) is 0.707. The molecule has 0 saturated carbocycles. The van der Waals surface area contributed by atoms with E-state index in [1.54, 1.807) is 7.05 Å². The molecule has 0 bridgehead atoms. The van der Waals surface area contributed by atoms with Gasteiger partial charge >= 0.3 is 0 Å². The largest absolute Gasteiger partial charge is 0.379 e. The maximum Gasteiger partial charge on any atom is 0.282 e. The molecule has 0 unspecified atom stereocenters. The second-order valence-electron chi connectivity index (χ2n) is 3.85. The predicted molar refractivity (Wildman–Crippen MR) is 63.0 cm³/mol. The number of morpholine rings is 1. The van der Waals surface area contributed by atoms with Crippen LogP contribution in [0.3, 0.4) is 0 Å². The number of nitrogens with one attached hydrogen (secondary N) is 1. The van der Waals surface area contributed by atoms with Gasteiger partial charge in [-0.1, -0.05) is 0 Å². The summed E-state index contributed by atoms with van der Waals surface area (Å²) in [4.78, 5) is 0. The van der Waals surface area contributed by atoms with Gasteiger partial charge in [0.1, 0.15) is 0 Å². The molecule has 0 aromatic rings. The van der Waals surface area contributed by atoms with Crippen LogP contribution in [0.25, 0.3) is 0 Å². The summed E-state index contributed by atoms with van der Waals surface area (Å²) in [6.45, 7) is 3.42. The van der Waals surface area contributed by atoms with Gasteiger partial charge in [0.25, 0.3) is 10.2 Å². The van der Waals surface area contributed by atoms with E-state index in [1.807, 2.05) is 0 Å². The monoisotopic (exact) mass is 271 g/mol. The highest BCUT2D eigenvalue weighted by Crippen LogP contribution is 2.14. The third kappa shape index (κ3) is 2.66. The maximum atomic E-state index is 12.1. The fourth-order valence-corrected chi connectivity index (χ4v) is 3.18. The predicted octanol–water partition coefficient (Wildman–Crippen LogP) is -1.11. The Labute approximate surface area is 103 Å². The Bertz CT molecular complexity index is 306. The number of hydrogen-bond donors (Lipinski definition) is 1. The fraction of sp³-hybridized carbons (Fsp3) is 1.00. The molecule has 8 heteroatoms. The van der Waals surface area contributed by atoms with E-state index in [0.29, 0.717) is 26.3 Å². The van der Waals surface area contributed by atoms with Crippen LogP contribution < -0.4 is 5.32 Å². The van der Waals surface area contributed by atoms with Crippen LogP contribution in [0.15, 0.2) is 0 Å². The second kappa shape index (κ2) is 5.61. The third-order valence-electron chi connectivity index (χ3n) is 2.93. The average molecular weight is 272 g/mol. The molecule has 0 aromatic carbocycles. The molecule has 1 N–H and O–H groups in total. The van der Waals surface area contributed by atoms with Crippen LogP contribution in [0.4, 0.5) is 0 Å². The van der Waals surface area contributed by atoms with Gasteiger partial charge in [-0.25, -0.2) is 0 Å². The lowest BCUT2D eigenvalue weighted by atomic mass is 10.2. The van der Waals surface area contributed by atoms with Crippen LogP contribution in [0, 0.1) is 0 Å². The third-order valence-corrected chi connectivity index (χ3v) is 4.98. The summed E-state index contributed by atoms with van der Waals surface area (Å²) in [5.74, 6) is 0. The zero-order valence-corrected chi connectivity index (χ0v) is 10.9. The van der Waals surface area contributed by atoms with Crippen LogP contribution in [0.2, 0.25) is 0 Å². The molecule has 0 spiro atoms. The zero-order valence-electron chi connectivity index (χ0n) is 9.26. The van der Waals surface area contributed by atoms with Crippen molar-refractivity contribution in [1.29, 1.82) is 0 Å². The molecular weight excluding hydrogens is 254 g/mol. The van der Waals surface area contributed by atoms with Crippen molar-refractivity contribution < 1.29 is 13.2 Å². The van der Waals surface area contributed by atoms with Crippen molar-refractivity contribution in [3.63, 3.8) is 0 Å². The summed E-state index contributed by atoms with van der Waals surface area (Å²) in [6.07, 6.45) is 0. The van der Waals surface area contributed by atoms with E-state index in [-0.39, 0.29) is 18.4 Å². The van der Waals surface area contributed by atoms with E-state index in [0.717, 1.165) is 13.1 Å². The first kappa shape index (κ1) is 14.1. The maximum absolute atomic E-state index is 12.1. The molecule has 0 amide bonds. The van der Waals surface area contributed by atoms with Crippen molar-refractivity contribution in [2.24, 2.45) is 0 Å². The standard InChI is InChI=1S/C8H17N3O3S.ClH/c1-10(8-6-9-7-8)15(12,13)11-2-4-14-5-3-11;/h8-9H,2-7H2,1H3;1H. The number of halogens is 1. The highest BCUT2D eigenvalue weighted by molar-refractivity contribution is 7.86. The lowest BCUT2D eigenvalue weighted by Gasteiger charge is -2.38. The summed E-state index contributed by atoms with van der Waals surface area (Å²) < 4.78 is 32.3. The Balaban J connectivity index is 0.00000128. The number of hydrogen-bond acceptors (Lipinski definition) is 4. The lowest BCUT2D eigenvalue weighted by molar-refractivity contribution is 0.0692. The molecule has 96 valence electrons. The van der Waals surface area contributed by atoms with E-state index in [2.05, 4.69) is 5.32 Å². The molecule has 6 nitrogen and oxygen atoms in total. The molecule has 0 aliphatic carbocycles. The molecule has 0 radical (unpaired) electrons. The zero-order chi connectivity index (χ0) is 10.9. The molecule has 2 fully saturated rings. The van der Waals surface area contributed by atoms with Crippen molar-refractivity contribution >= 4 is 22.6 Å². The number of ether oxygens (including phenoxy) is 1. The van der Waals surface area contributed by atoms with Crippen LogP contribution in [-0.2, 0) is 14.9 Å². The Hall–Kier alpha value is 0.0800. The minimum absolute atomic E-state index is 0. The molecule has 2 saturated heterocycles.